The molecule has 0 amide bonds. The van der Waals surface area contributed by atoms with Crippen LogP contribution in [0.3, 0.4) is 0 Å². The first-order chi connectivity index (χ1) is 9.38. The van der Waals surface area contributed by atoms with Crippen LogP contribution >= 0.6 is 15.9 Å². The molecule has 0 bridgehead atoms. The highest BCUT2D eigenvalue weighted by Crippen LogP contribution is 2.33. The quantitative estimate of drug-likeness (QED) is 0.614. The summed E-state index contributed by atoms with van der Waals surface area (Å²) in [5.41, 5.74) is 9.70. The Kier molecular flexibility index (Phi) is 4.70. The largest absolute Gasteiger partial charge is 0.0835 e. The zero-order valence-corrected chi connectivity index (χ0v) is 14.6. The van der Waals surface area contributed by atoms with E-state index in [2.05, 4.69) is 80.9 Å². The minimum atomic E-state index is 0.378. The van der Waals surface area contributed by atoms with Crippen molar-refractivity contribution in [2.45, 2.75) is 45.9 Å². The van der Waals surface area contributed by atoms with Gasteiger partial charge in [0.15, 0.2) is 0 Å². The number of rotatable bonds is 3. The lowest BCUT2D eigenvalue weighted by atomic mass is 9.93. The molecule has 0 saturated heterocycles. The Labute approximate surface area is 131 Å². The lowest BCUT2D eigenvalue weighted by molar-refractivity contribution is 0.915. The molecule has 0 N–H and O–H groups in total. The molecule has 2 aromatic carbocycles. The van der Waals surface area contributed by atoms with Gasteiger partial charge in [-0.3, -0.25) is 0 Å². The van der Waals surface area contributed by atoms with E-state index in [1.807, 2.05) is 0 Å². The molecule has 0 fully saturated rings. The first kappa shape index (κ1) is 15.3. The highest BCUT2D eigenvalue weighted by Gasteiger charge is 2.15. The van der Waals surface area contributed by atoms with Crippen molar-refractivity contribution >= 4 is 15.9 Å². The monoisotopic (exact) mass is 330 g/mol. The van der Waals surface area contributed by atoms with Crippen molar-refractivity contribution in [2.75, 3.05) is 0 Å². The minimum absolute atomic E-state index is 0.378. The summed E-state index contributed by atoms with van der Waals surface area (Å²) in [6.07, 6.45) is 1.04. The van der Waals surface area contributed by atoms with Crippen LogP contribution in [0.4, 0.5) is 0 Å². The van der Waals surface area contributed by atoms with Crippen molar-refractivity contribution in [2.24, 2.45) is 0 Å². The Morgan fingerprint density at radius 3 is 2.00 bits per heavy atom. The standard InChI is InChI=1S/C19H23Br/c1-12-6-7-14(3)17(10-12)11-18(20)19-15(4)8-13(2)9-16(19)5/h6-10,18H,11H2,1-5H3. The second kappa shape index (κ2) is 6.13. The molecule has 0 heterocycles. The number of hydrogen-bond acceptors (Lipinski definition) is 0. The molecule has 0 spiro atoms. The van der Waals surface area contributed by atoms with Crippen LogP contribution in [-0.4, -0.2) is 0 Å². The van der Waals surface area contributed by atoms with E-state index in [0.717, 1.165) is 6.42 Å². The van der Waals surface area contributed by atoms with Crippen LogP contribution in [0.2, 0.25) is 0 Å². The summed E-state index contributed by atoms with van der Waals surface area (Å²) in [5, 5.41) is 0. The van der Waals surface area contributed by atoms with Crippen LogP contribution in [0.1, 0.15) is 43.8 Å². The van der Waals surface area contributed by atoms with E-state index in [1.54, 1.807) is 0 Å². The molecule has 0 aliphatic carbocycles. The Morgan fingerprint density at radius 1 is 0.800 bits per heavy atom. The summed E-state index contributed by atoms with van der Waals surface area (Å²) in [6.45, 7) is 11.0. The number of halogens is 1. The predicted octanol–water partition coefficient (Wildman–Crippen LogP) is 5.91. The van der Waals surface area contributed by atoms with Gasteiger partial charge in [-0.1, -0.05) is 57.4 Å². The molecule has 0 saturated carbocycles. The highest BCUT2D eigenvalue weighted by atomic mass is 79.9. The first-order valence-corrected chi connectivity index (χ1v) is 8.08. The second-order valence-electron chi connectivity index (χ2n) is 5.91. The van der Waals surface area contributed by atoms with E-state index in [1.165, 1.54) is 38.9 Å². The molecule has 1 atom stereocenters. The Balaban J connectivity index is 2.33. The summed E-state index contributed by atoms with van der Waals surface area (Å²) in [7, 11) is 0. The first-order valence-electron chi connectivity index (χ1n) is 7.16. The van der Waals surface area contributed by atoms with Gasteiger partial charge in [-0.05, 0) is 68.9 Å². The molecule has 0 radical (unpaired) electrons. The van der Waals surface area contributed by atoms with Crippen LogP contribution in [0, 0.1) is 34.6 Å². The fraction of sp³-hybridized carbons (Fsp3) is 0.368. The third-order valence-corrected chi connectivity index (χ3v) is 4.74. The van der Waals surface area contributed by atoms with E-state index < -0.39 is 0 Å². The van der Waals surface area contributed by atoms with Gasteiger partial charge in [0.2, 0.25) is 0 Å². The fourth-order valence-electron chi connectivity index (χ4n) is 3.00. The Morgan fingerprint density at radius 2 is 1.40 bits per heavy atom. The van der Waals surface area contributed by atoms with Crippen LogP contribution < -0.4 is 0 Å². The number of alkyl halides is 1. The maximum atomic E-state index is 3.91. The molecule has 1 heteroatoms. The van der Waals surface area contributed by atoms with Gasteiger partial charge in [0.05, 0.1) is 0 Å². The zero-order chi connectivity index (χ0) is 14.9. The molecular weight excluding hydrogens is 308 g/mol. The molecule has 0 nitrogen and oxygen atoms in total. The van der Waals surface area contributed by atoms with Gasteiger partial charge in [-0.25, -0.2) is 0 Å². The van der Waals surface area contributed by atoms with Gasteiger partial charge in [0.1, 0.15) is 0 Å². The van der Waals surface area contributed by atoms with Gasteiger partial charge in [0.25, 0.3) is 0 Å². The van der Waals surface area contributed by atoms with Crippen molar-refractivity contribution in [3.63, 3.8) is 0 Å². The van der Waals surface area contributed by atoms with E-state index in [-0.39, 0.29) is 0 Å². The van der Waals surface area contributed by atoms with Gasteiger partial charge < -0.3 is 0 Å². The number of aryl methyl sites for hydroxylation is 5. The van der Waals surface area contributed by atoms with Crippen molar-refractivity contribution in [3.8, 4) is 0 Å². The molecular formula is C19H23Br. The SMILES string of the molecule is Cc1cc(C)c(C(Br)Cc2cc(C)ccc2C)c(C)c1. The Bertz CT molecular complexity index is 603. The average Bonchev–Trinajstić information content (AvgIpc) is 2.32. The number of benzene rings is 2. The fourth-order valence-corrected chi connectivity index (χ4v) is 4.07. The normalized spacial score (nSPS) is 12.5. The van der Waals surface area contributed by atoms with Crippen molar-refractivity contribution in [1.82, 2.24) is 0 Å². The van der Waals surface area contributed by atoms with Gasteiger partial charge in [-0.2, -0.15) is 0 Å². The van der Waals surface area contributed by atoms with Crippen LogP contribution in [-0.2, 0) is 6.42 Å². The second-order valence-corrected chi connectivity index (χ2v) is 7.02. The van der Waals surface area contributed by atoms with Gasteiger partial charge in [0, 0.05) is 4.83 Å². The number of hydrogen-bond donors (Lipinski definition) is 0. The maximum absolute atomic E-state index is 3.91. The summed E-state index contributed by atoms with van der Waals surface area (Å²) < 4.78 is 0. The lowest BCUT2D eigenvalue weighted by Crippen LogP contribution is -2.03. The van der Waals surface area contributed by atoms with Crippen LogP contribution in [0.25, 0.3) is 0 Å². The smallest absolute Gasteiger partial charge is 0.0440 e. The van der Waals surface area contributed by atoms with Gasteiger partial charge in [-0.15, -0.1) is 0 Å². The summed E-state index contributed by atoms with van der Waals surface area (Å²) in [5.74, 6) is 0. The zero-order valence-electron chi connectivity index (χ0n) is 13.0. The topological polar surface area (TPSA) is 0 Å². The van der Waals surface area contributed by atoms with E-state index in [9.17, 15) is 0 Å². The maximum Gasteiger partial charge on any atom is 0.0440 e. The lowest BCUT2D eigenvalue weighted by Gasteiger charge is -2.18. The third-order valence-electron chi connectivity index (χ3n) is 3.96. The van der Waals surface area contributed by atoms with E-state index in [0.29, 0.717) is 4.83 Å². The molecule has 1 unspecified atom stereocenters. The average molecular weight is 331 g/mol. The molecule has 2 aromatic rings. The van der Waals surface area contributed by atoms with Crippen LogP contribution in [0.5, 0.6) is 0 Å². The molecule has 0 aliphatic heterocycles. The van der Waals surface area contributed by atoms with Crippen molar-refractivity contribution in [1.29, 1.82) is 0 Å². The molecule has 2 rings (SSSR count). The van der Waals surface area contributed by atoms with Crippen LogP contribution in [0.15, 0.2) is 30.3 Å². The Hall–Kier alpha value is -1.08. The summed E-state index contributed by atoms with van der Waals surface area (Å²) >= 11 is 3.91. The molecule has 20 heavy (non-hydrogen) atoms. The predicted molar refractivity (Wildman–Crippen MR) is 91.9 cm³/mol. The van der Waals surface area contributed by atoms with Gasteiger partial charge >= 0.3 is 0 Å². The van der Waals surface area contributed by atoms with E-state index >= 15 is 0 Å². The third kappa shape index (κ3) is 3.32. The van der Waals surface area contributed by atoms with E-state index in [4.69, 9.17) is 0 Å². The molecule has 0 aliphatic rings. The summed E-state index contributed by atoms with van der Waals surface area (Å²) in [4.78, 5) is 0.378. The highest BCUT2D eigenvalue weighted by molar-refractivity contribution is 9.09. The summed E-state index contributed by atoms with van der Waals surface area (Å²) in [6, 6.07) is 11.3. The molecule has 106 valence electrons. The minimum Gasteiger partial charge on any atom is -0.0835 e. The van der Waals surface area contributed by atoms with Crippen molar-refractivity contribution < 1.29 is 0 Å². The molecule has 0 aromatic heterocycles. The van der Waals surface area contributed by atoms with Crippen molar-refractivity contribution in [3.05, 3.63) is 69.3 Å².